The standard InChI is InChI=1S/C25H28FN3O2/c1-17-24(21-9-2-3-10-23(21)30)22(12-11-18-6-4-8-20(26)14-18)25(31)29(28-17)16-19-7-5-13-27-15-19/h2-4,6,8-10,14,19,27,30H,5,7,11-13,15-16H2,1H3. The highest BCUT2D eigenvalue weighted by atomic mass is 19.1. The first-order valence-corrected chi connectivity index (χ1v) is 10.9. The molecule has 1 aliphatic rings. The van der Waals surface area contributed by atoms with Gasteiger partial charge in [0.1, 0.15) is 11.6 Å². The first-order valence-electron chi connectivity index (χ1n) is 10.9. The number of hydrogen-bond acceptors (Lipinski definition) is 4. The van der Waals surface area contributed by atoms with Crippen LogP contribution >= 0.6 is 0 Å². The van der Waals surface area contributed by atoms with Crippen LogP contribution in [0.1, 0.15) is 29.7 Å². The van der Waals surface area contributed by atoms with Crippen molar-refractivity contribution in [1.29, 1.82) is 0 Å². The van der Waals surface area contributed by atoms with E-state index >= 15 is 0 Å². The Morgan fingerprint density at radius 2 is 2.03 bits per heavy atom. The monoisotopic (exact) mass is 421 g/mol. The molecule has 6 heteroatoms. The zero-order valence-corrected chi connectivity index (χ0v) is 17.8. The smallest absolute Gasteiger partial charge is 0.270 e. The van der Waals surface area contributed by atoms with Crippen molar-refractivity contribution in [3.8, 4) is 16.9 Å². The van der Waals surface area contributed by atoms with Crippen LogP contribution in [0.5, 0.6) is 5.75 Å². The van der Waals surface area contributed by atoms with E-state index in [1.54, 1.807) is 28.9 Å². The van der Waals surface area contributed by atoms with Gasteiger partial charge in [0.25, 0.3) is 5.56 Å². The van der Waals surface area contributed by atoms with E-state index in [1.165, 1.54) is 12.1 Å². The second kappa shape index (κ2) is 9.43. The van der Waals surface area contributed by atoms with Crippen LogP contribution in [-0.2, 0) is 19.4 Å². The van der Waals surface area contributed by atoms with Gasteiger partial charge in [0, 0.05) is 23.2 Å². The van der Waals surface area contributed by atoms with Crippen molar-refractivity contribution >= 4 is 0 Å². The summed E-state index contributed by atoms with van der Waals surface area (Å²) in [5, 5.41) is 18.5. The Morgan fingerprint density at radius 1 is 1.19 bits per heavy atom. The van der Waals surface area contributed by atoms with Crippen molar-refractivity contribution < 1.29 is 9.50 Å². The van der Waals surface area contributed by atoms with Crippen molar-refractivity contribution in [2.24, 2.45) is 5.92 Å². The number of hydrogen-bond donors (Lipinski definition) is 2. The average molecular weight is 422 g/mol. The number of phenolic OH excluding ortho intramolecular Hbond substituents is 1. The number of aryl methyl sites for hydroxylation is 2. The Bertz CT molecular complexity index is 1120. The van der Waals surface area contributed by atoms with Gasteiger partial charge < -0.3 is 10.4 Å². The fraction of sp³-hybridized carbons (Fsp3) is 0.360. The fourth-order valence-corrected chi connectivity index (χ4v) is 4.44. The van der Waals surface area contributed by atoms with Crippen LogP contribution in [0.4, 0.5) is 4.39 Å². The lowest BCUT2D eigenvalue weighted by molar-refractivity contribution is 0.318. The molecule has 0 saturated carbocycles. The third-order valence-corrected chi connectivity index (χ3v) is 5.98. The van der Waals surface area contributed by atoms with E-state index in [0.717, 1.165) is 31.5 Å². The zero-order valence-electron chi connectivity index (χ0n) is 17.8. The molecule has 2 N–H and O–H groups in total. The Kier molecular flexibility index (Phi) is 6.47. The molecule has 0 spiro atoms. The number of nitrogens with zero attached hydrogens (tertiary/aromatic N) is 2. The molecule has 1 unspecified atom stereocenters. The molecule has 162 valence electrons. The molecule has 0 bridgehead atoms. The van der Waals surface area contributed by atoms with Gasteiger partial charge in [-0.1, -0.05) is 30.3 Å². The van der Waals surface area contributed by atoms with Gasteiger partial charge in [0.15, 0.2) is 0 Å². The molecule has 1 saturated heterocycles. The number of phenols is 1. The molecule has 2 aromatic carbocycles. The van der Waals surface area contributed by atoms with Gasteiger partial charge in [-0.15, -0.1) is 0 Å². The predicted octanol–water partition coefficient (Wildman–Crippen LogP) is 3.85. The Balaban J connectivity index is 1.75. The zero-order chi connectivity index (χ0) is 21.8. The van der Waals surface area contributed by atoms with Gasteiger partial charge >= 0.3 is 0 Å². The third kappa shape index (κ3) is 4.85. The lowest BCUT2D eigenvalue weighted by Crippen LogP contribution is -2.37. The highest BCUT2D eigenvalue weighted by Crippen LogP contribution is 2.32. The summed E-state index contributed by atoms with van der Waals surface area (Å²) < 4.78 is 15.2. The number of aromatic nitrogens is 2. The van der Waals surface area contributed by atoms with E-state index in [-0.39, 0.29) is 17.1 Å². The lowest BCUT2D eigenvalue weighted by atomic mass is 9.94. The van der Waals surface area contributed by atoms with Crippen molar-refractivity contribution in [3.63, 3.8) is 0 Å². The minimum absolute atomic E-state index is 0.119. The van der Waals surface area contributed by atoms with E-state index in [4.69, 9.17) is 0 Å². The van der Waals surface area contributed by atoms with E-state index in [2.05, 4.69) is 10.4 Å². The normalized spacial score (nSPS) is 16.4. The number of halogens is 1. The van der Waals surface area contributed by atoms with Crippen LogP contribution in [0.2, 0.25) is 0 Å². The number of para-hydroxylation sites is 1. The molecule has 3 aromatic rings. The molecule has 1 aliphatic heterocycles. The van der Waals surface area contributed by atoms with Crippen molar-refractivity contribution in [2.75, 3.05) is 13.1 Å². The summed E-state index contributed by atoms with van der Waals surface area (Å²) in [6.07, 6.45) is 3.14. The number of benzene rings is 2. The first kappa shape index (κ1) is 21.2. The Hall–Kier alpha value is -2.99. The Morgan fingerprint density at radius 3 is 2.77 bits per heavy atom. The maximum absolute atomic E-state index is 13.6. The molecule has 0 radical (unpaired) electrons. The van der Waals surface area contributed by atoms with Crippen LogP contribution in [-0.4, -0.2) is 28.0 Å². The summed E-state index contributed by atoms with van der Waals surface area (Å²) in [7, 11) is 0. The lowest BCUT2D eigenvalue weighted by Gasteiger charge is -2.24. The maximum atomic E-state index is 13.6. The number of piperidine rings is 1. The SMILES string of the molecule is Cc1nn(CC2CCCNC2)c(=O)c(CCc2cccc(F)c2)c1-c1ccccc1O. The molecular weight excluding hydrogens is 393 g/mol. The second-order valence-corrected chi connectivity index (χ2v) is 8.29. The minimum atomic E-state index is -0.286. The van der Waals surface area contributed by atoms with E-state index in [1.807, 2.05) is 19.1 Å². The predicted molar refractivity (Wildman–Crippen MR) is 120 cm³/mol. The number of rotatable bonds is 6. The molecule has 0 amide bonds. The van der Waals surface area contributed by atoms with Gasteiger partial charge in [-0.25, -0.2) is 9.07 Å². The summed E-state index contributed by atoms with van der Waals surface area (Å²) in [5.41, 5.74) is 3.30. The molecular formula is C25H28FN3O2. The first-order chi connectivity index (χ1) is 15.0. The van der Waals surface area contributed by atoms with E-state index < -0.39 is 0 Å². The van der Waals surface area contributed by atoms with Crippen LogP contribution in [0.15, 0.2) is 53.3 Å². The summed E-state index contributed by atoms with van der Waals surface area (Å²) in [6.45, 7) is 4.35. The van der Waals surface area contributed by atoms with Crippen LogP contribution in [0.3, 0.4) is 0 Å². The molecule has 2 heterocycles. The molecule has 5 nitrogen and oxygen atoms in total. The van der Waals surface area contributed by atoms with Gasteiger partial charge in [0.2, 0.25) is 0 Å². The molecule has 1 atom stereocenters. The fourth-order valence-electron chi connectivity index (χ4n) is 4.44. The Labute approximate surface area is 181 Å². The van der Waals surface area contributed by atoms with Crippen molar-refractivity contribution in [1.82, 2.24) is 15.1 Å². The van der Waals surface area contributed by atoms with E-state index in [9.17, 15) is 14.3 Å². The summed E-state index contributed by atoms with van der Waals surface area (Å²) in [5.74, 6) is 0.199. The van der Waals surface area contributed by atoms with Gasteiger partial charge in [-0.2, -0.15) is 5.10 Å². The maximum Gasteiger partial charge on any atom is 0.270 e. The largest absolute Gasteiger partial charge is 0.507 e. The highest BCUT2D eigenvalue weighted by Gasteiger charge is 2.21. The molecule has 1 aromatic heterocycles. The number of nitrogens with one attached hydrogen (secondary N) is 1. The van der Waals surface area contributed by atoms with Gasteiger partial charge in [-0.05, 0) is 75.4 Å². The van der Waals surface area contributed by atoms with Crippen LogP contribution < -0.4 is 10.9 Å². The van der Waals surface area contributed by atoms with Crippen LogP contribution in [0.25, 0.3) is 11.1 Å². The molecule has 1 fully saturated rings. The third-order valence-electron chi connectivity index (χ3n) is 5.98. The molecule has 31 heavy (non-hydrogen) atoms. The highest BCUT2D eigenvalue weighted by molar-refractivity contribution is 5.74. The second-order valence-electron chi connectivity index (χ2n) is 8.29. The minimum Gasteiger partial charge on any atom is -0.507 e. The summed E-state index contributed by atoms with van der Waals surface area (Å²) in [6, 6.07) is 13.5. The van der Waals surface area contributed by atoms with E-state index in [0.29, 0.717) is 47.7 Å². The van der Waals surface area contributed by atoms with Crippen LogP contribution in [0, 0.1) is 18.7 Å². The summed E-state index contributed by atoms with van der Waals surface area (Å²) >= 11 is 0. The topological polar surface area (TPSA) is 67.2 Å². The average Bonchev–Trinajstić information content (AvgIpc) is 2.76. The molecule has 0 aliphatic carbocycles. The van der Waals surface area contributed by atoms with Crippen molar-refractivity contribution in [3.05, 3.63) is 81.5 Å². The van der Waals surface area contributed by atoms with Gasteiger partial charge in [0.05, 0.1) is 5.69 Å². The number of aromatic hydroxyl groups is 1. The summed E-state index contributed by atoms with van der Waals surface area (Å²) in [4.78, 5) is 13.5. The van der Waals surface area contributed by atoms with Gasteiger partial charge in [-0.3, -0.25) is 4.79 Å². The quantitative estimate of drug-likeness (QED) is 0.635. The molecule has 4 rings (SSSR count). The van der Waals surface area contributed by atoms with Crippen molar-refractivity contribution in [2.45, 2.75) is 39.2 Å².